The molecule has 1 aliphatic rings. The van der Waals surface area contributed by atoms with E-state index in [0.29, 0.717) is 18.8 Å². The molecule has 0 atom stereocenters. The second-order valence-corrected chi connectivity index (χ2v) is 8.00. The lowest BCUT2D eigenvalue weighted by Crippen LogP contribution is -2.27. The third-order valence-electron chi connectivity index (χ3n) is 5.69. The van der Waals surface area contributed by atoms with Crippen LogP contribution in [0.25, 0.3) is 16.8 Å². The second kappa shape index (κ2) is 7.30. The van der Waals surface area contributed by atoms with Crippen LogP contribution < -0.4 is 0 Å². The molecule has 0 unspecified atom stereocenters. The molecule has 0 N–H and O–H groups in total. The van der Waals surface area contributed by atoms with Crippen LogP contribution in [0, 0.1) is 13.8 Å². The van der Waals surface area contributed by atoms with Gasteiger partial charge in [-0.15, -0.1) is 0 Å². The van der Waals surface area contributed by atoms with Gasteiger partial charge >= 0.3 is 0 Å². The first-order chi connectivity index (χ1) is 14.6. The number of carbonyl (C=O) groups excluding carboxylic acids is 1. The van der Waals surface area contributed by atoms with E-state index in [2.05, 4.69) is 61.3 Å². The number of hydrogen-bond acceptors (Lipinski definition) is 2. The molecule has 1 amide bonds. The summed E-state index contributed by atoms with van der Waals surface area (Å²) in [5.74, 6) is 0.00193. The van der Waals surface area contributed by atoms with Crippen LogP contribution in [-0.2, 0) is 13.1 Å². The van der Waals surface area contributed by atoms with Gasteiger partial charge in [0.1, 0.15) is 5.69 Å². The molecule has 148 valence electrons. The summed E-state index contributed by atoms with van der Waals surface area (Å²) < 4.78 is 1.87. The summed E-state index contributed by atoms with van der Waals surface area (Å²) in [5.41, 5.74) is 8.82. The Kier molecular flexibility index (Phi) is 4.47. The molecule has 4 nitrogen and oxygen atoms in total. The highest BCUT2D eigenvalue weighted by atomic mass is 16.2. The molecule has 0 bridgehead atoms. The van der Waals surface area contributed by atoms with Crippen molar-refractivity contribution >= 4 is 5.91 Å². The highest BCUT2D eigenvalue weighted by molar-refractivity contribution is 5.93. The van der Waals surface area contributed by atoms with Crippen LogP contribution in [0.1, 0.15) is 32.7 Å². The zero-order chi connectivity index (χ0) is 20.7. The van der Waals surface area contributed by atoms with Crippen LogP contribution >= 0.6 is 0 Å². The van der Waals surface area contributed by atoms with Crippen LogP contribution in [0.15, 0.2) is 79.3 Å². The zero-order valence-electron chi connectivity index (χ0n) is 17.2. The van der Waals surface area contributed by atoms with Gasteiger partial charge in [-0.3, -0.25) is 9.36 Å². The van der Waals surface area contributed by atoms with E-state index in [-0.39, 0.29) is 5.91 Å². The Balaban J connectivity index is 1.41. The van der Waals surface area contributed by atoms with Crippen molar-refractivity contribution < 1.29 is 4.79 Å². The van der Waals surface area contributed by atoms with Gasteiger partial charge in [-0.25, -0.2) is 4.98 Å². The fourth-order valence-electron chi connectivity index (χ4n) is 4.25. The van der Waals surface area contributed by atoms with Crippen molar-refractivity contribution in [3.05, 3.63) is 107 Å². The summed E-state index contributed by atoms with van der Waals surface area (Å²) in [4.78, 5) is 19.3. The maximum absolute atomic E-state index is 13.2. The predicted octanol–water partition coefficient (Wildman–Crippen LogP) is 5.31. The Hall–Kier alpha value is -3.66. The molecule has 1 aromatic heterocycles. The number of benzene rings is 3. The number of rotatable bonds is 3. The standard InChI is InChI=1S/C26H23N3O/c1-18-11-19(2)13-23(12-18)20-7-9-24(10-8-20)29-17-27-14-25(29)26(30)28-15-21-5-3-4-6-22(21)16-28/h3-14,17H,15-16H2,1-2H3. The first kappa shape index (κ1) is 18.4. The van der Waals surface area contributed by atoms with Gasteiger partial charge < -0.3 is 4.90 Å². The number of hydrogen-bond donors (Lipinski definition) is 0. The van der Waals surface area contributed by atoms with Crippen molar-refractivity contribution in [1.82, 2.24) is 14.5 Å². The molecular formula is C26H23N3O. The van der Waals surface area contributed by atoms with E-state index >= 15 is 0 Å². The number of amides is 1. The highest BCUT2D eigenvalue weighted by Crippen LogP contribution is 2.26. The molecule has 30 heavy (non-hydrogen) atoms. The normalized spacial score (nSPS) is 12.8. The largest absolute Gasteiger partial charge is 0.329 e. The number of nitrogens with zero attached hydrogens (tertiary/aromatic N) is 3. The Labute approximate surface area is 176 Å². The molecule has 0 spiro atoms. The molecule has 0 radical (unpaired) electrons. The van der Waals surface area contributed by atoms with Gasteiger partial charge in [0.25, 0.3) is 5.91 Å². The Morgan fingerprint density at radius 3 is 2.10 bits per heavy atom. The third-order valence-corrected chi connectivity index (χ3v) is 5.69. The number of aromatic nitrogens is 2. The smallest absolute Gasteiger partial charge is 0.273 e. The molecule has 4 aromatic rings. The van der Waals surface area contributed by atoms with Crippen LogP contribution in [0.3, 0.4) is 0 Å². The molecule has 2 heterocycles. The maximum Gasteiger partial charge on any atom is 0.273 e. The zero-order valence-corrected chi connectivity index (χ0v) is 17.2. The van der Waals surface area contributed by atoms with Gasteiger partial charge in [0.2, 0.25) is 0 Å². The molecule has 3 aromatic carbocycles. The van der Waals surface area contributed by atoms with Crippen LogP contribution in [0.5, 0.6) is 0 Å². The third kappa shape index (κ3) is 3.30. The van der Waals surface area contributed by atoms with Crippen molar-refractivity contribution in [2.24, 2.45) is 0 Å². The molecule has 0 saturated carbocycles. The molecule has 1 aliphatic heterocycles. The molecule has 5 rings (SSSR count). The fraction of sp³-hybridized carbons (Fsp3) is 0.154. The Morgan fingerprint density at radius 1 is 0.833 bits per heavy atom. The summed E-state index contributed by atoms with van der Waals surface area (Å²) in [5, 5.41) is 0. The van der Waals surface area contributed by atoms with Gasteiger partial charge in [0, 0.05) is 18.8 Å². The quantitative estimate of drug-likeness (QED) is 0.473. The van der Waals surface area contributed by atoms with Gasteiger partial charge in [0.15, 0.2) is 0 Å². The molecule has 0 fully saturated rings. The van der Waals surface area contributed by atoms with Crippen molar-refractivity contribution in [3.63, 3.8) is 0 Å². The van der Waals surface area contributed by atoms with E-state index in [9.17, 15) is 4.79 Å². The number of carbonyl (C=O) groups is 1. The minimum Gasteiger partial charge on any atom is -0.329 e. The van der Waals surface area contributed by atoms with Gasteiger partial charge in [-0.1, -0.05) is 65.7 Å². The van der Waals surface area contributed by atoms with Crippen LogP contribution in [0.2, 0.25) is 0 Å². The Bertz CT molecular complexity index is 1190. The first-order valence-corrected chi connectivity index (χ1v) is 10.2. The average Bonchev–Trinajstić information content (AvgIpc) is 3.40. The van der Waals surface area contributed by atoms with E-state index in [4.69, 9.17) is 0 Å². The van der Waals surface area contributed by atoms with Crippen LogP contribution in [-0.4, -0.2) is 20.4 Å². The predicted molar refractivity (Wildman–Crippen MR) is 118 cm³/mol. The Morgan fingerprint density at radius 2 is 1.47 bits per heavy atom. The van der Waals surface area contributed by atoms with Gasteiger partial charge in [-0.2, -0.15) is 0 Å². The summed E-state index contributed by atoms with van der Waals surface area (Å²) in [6.45, 7) is 5.52. The number of aryl methyl sites for hydroxylation is 2. The highest BCUT2D eigenvalue weighted by Gasteiger charge is 2.26. The van der Waals surface area contributed by atoms with Crippen molar-refractivity contribution in [1.29, 1.82) is 0 Å². The van der Waals surface area contributed by atoms with E-state index in [1.165, 1.54) is 27.8 Å². The van der Waals surface area contributed by atoms with Crippen molar-refractivity contribution in [2.75, 3.05) is 0 Å². The lowest BCUT2D eigenvalue weighted by molar-refractivity contribution is 0.0743. The number of imidazole rings is 1. The minimum absolute atomic E-state index is 0.00193. The monoisotopic (exact) mass is 393 g/mol. The average molecular weight is 393 g/mol. The van der Waals surface area contributed by atoms with Crippen molar-refractivity contribution in [3.8, 4) is 16.8 Å². The summed E-state index contributed by atoms with van der Waals surface area (Å²) in [7, 11) is 0. The van der Waals surface area contributed by atoms with Crippen molar-refractivity contribution in [2.45, 2.75) is 26.9 Å². The lowest BCUT2D eigenvalue weighted by atomic mass is 10.0. The van der Waals surface area contributed by atoms with Gasteiger partial charge in [0.05, 0.1) is 12.5 Å². The van der Waals surface area contributed by atoms with E-state index in [0.717, 1.165) is 11.3 Å². The number of fused-ring (bicyclic) bond motifs is 1. The van der Waals surface area contributed by atoms with E-state index in [1.807, 2.05) is 33.7 Å². The second-order valence-electron chi connectivity index (χ2n) is 8.00. The van der Waals surface area contributed by atoms with Gasteiger partial charge in [-0.05, 0) is 48.2 Å². The maximum atomic E-state index is 13.2. The molecule has 0 saturated heterocycles. The van der Waals surface area contributed by atoms with E-state index in [1.54, 1.807) is 12.5 Å². The molecule has 0 aliphatic carbocycles. The minimum atomic E-state index is 0.00193. The van der Waals surface area contributed by atoms with Crippen LogP contribution in [0.4, 0.5) is 0 Å². The topological polar surface area (TPSA) is 38.1 Å². The first-order valence-electron chi connectivity index (χ1n) is 10.2. The summed E-state index contributed by atoms with van der Waals surface area (Å²) in [6.07, 6.45) is 3.37. The fourth-order valence-corrected chi connectivity index (χ4v) is 4.25. The summed E-state index contributed by atoms with van der Waals surface area (Å²) in [6, 6.07) is 23.1. The lowest BCUT2D eigenvalue weighted by Gasteiger charge is -2.17. The summed E-state index contributed by atoms with van der Waals surface area (Å²) >= 11 is 0. The van der Waals surface area contributed by atoms with E-state index < -0.39 is 0 Å². The molecule has 4 heteroatoms. The SMILES string of the molecule is Cc1cc(C)cc(-c2ccc(-n3cncc3C(=O)N3Cc4ccccc4C3)cc2)c1. The molecular weight excluding hydrogens is 370 g/mol.